The maximum atomic E-state index is 12.7. The van der Waals surface area contributed by atoms with E-state index in [0.29, 0.717) is 16.2 Å². The van der Waals surface area contributed by atoms with Gasteiger partial charge in [0.15, 0.2) is 0 Å². The second kappa shape index (κ2) is 8.16. The van der Waals surface area contributed by atoms with Crippen LogP contribution in [0.5, 0.6) is 0 Å². The molecule has 0 fully saturated rings. The molecule has 138 valence electrons. The molecule has 7 heteroatoms. The van der Waals surface area contributed by atoms with E-state index in [2.05, 4.69) is 23.0 Å². The van der Waals surface area contributed by atoms with Gasteiger partial charge in [0.05, 0.1) is 29.5 Å². The van der Waals surface area contributed by atoms with Gasteiger partial charge in [-0.2, -0.15) is 0 Å². The maximum absolute atomic E-state index is 12.7. The molecule has 3 heterocycles. The normalized spacial score (nSPS) is 11.7. The number of aryl methyl sites for hydroxylation is 2. The smallest absolute Gasteiger partial charge is 0.349 e. The number of aliphatic hydroxyl groups is 1. The van der Waals surface area contributed by atoms with Crippen LogP contribution in [0.1, 0.15) is 28.9 Å². The summed E-state index contributed by atoms with van der Waals surface area (Å²) in [5.41, 5.74) is -1.73. The Balaban J connectivity index is 1.63. The minimum Gasteiger partial charge on any atom is -0.463 e. The molecule has 0 aliphatic rings. The van der Waals surface area contributed by atoms with E-state index in [1.807, 2.05) is 35.3 Å². The van der Waals surface area contributed by atoms with Crippen molar-refractivity contribution in [2.45, 2.75) is 39.0 Å². The average molecular weight is 392 g/mol. The molecule has 0 aromatic carbocycles. The number of aromatic nitrogens is 2. The van der Waals surface area contributed by atoms with E-state index >= 15 is 0 Å². The fourth-order valence-electron chi connectivity index (χ4n) is 2.91. The maximum Gasteiger partial charge on any atom is 0.349 e. The Morgan fingerprint density at radius 2 is 1.92 bits per heavy atom. The van der Waals surface area contributed by atoms with Crippen molar-refractivity contribution in [2.75, 3.05) is 6.61 Å². The van der Waals surface area contributed by atoms with Gasteiger partial charge in [-0.15, -0.1) is 22.7 Å². The third-order valence-electron chi connectivity index (χ3n) is 4.43. The molecule has 0 unspecified atom stereocenters. The third kappa shape index (κ3) is 3.60. The minimum atomic E-state index is -1.73. The highest BCUT2D eigenvalue weighted by Gasteiger charge is 2.43. The highest BCUT2D eigenvalue weighted by atomic mass is 32.1. The summed E-state index contributed by atoms with van der Waals surface area (Å²) in [6.07, 6.45) is 4.78. The van der Waals surface area contributed by atoms with Crippen LogP contribution in [0.4, 0.5) is 0 Å². The van der Waals surface area contributed by atoms with Crippen molar-refractivity contribution in [1.29, 1.82) is 0 Å². The van der Waals surface area contributed by atoms with E-state index < -0.39 is 11.6 Å². The number of nitrogens with zero attached hydrogens (tertiary/aromatic N) is 2. The quantitative estimate of drug-likeness (QED) is 0.365. The third-order valence-corrected chi connectivity index (χ3v) is 6.38. The Morgan fingerprint density at radius 1 is 1.27 bits per heavy atom. The van der Waals surface area contributed by atoms with Crippen LogP contribution in [0, 0.1) is 6.92 Å². The summed E-state index contributed by atoms with van der Waals surface area (Å²) >= 11 is 2.70. The van der Waals surface area contributed by atoms with E-state index in [9.17, 15) is 9.90 Å². The first-order chi connectivity index (χ1) is 12.6. The van der Waals surface area contributed by atoms with Gasteiger partial charge < -0.3 is 9.84 Å². The Labute approximate surface area is 161 Å². The van der Waals surface area contributed by atoms with E-state index in [1.165, 1.54) is 28.5 Å². The molecule has 0 saturated heterocycles. The fourth-order valence-corrected chi connectivity index (χ4v) is 4.62. The van der Waals surface area contributed by atoms with Gasteiger partial charge >= 0.3 is 5.97 Å². The van der Waals surface area contributed by atoms with Gasteiger partial charge in [0.25, 0.3) is 5.82 Å². The zero-order valence-corrected chi connectivity index (χ0v) is 16.6. The van der Waals surface area contributed by atoms with E-state index in [-0.39, 0.29) is 6.61 Å². The van der Waals surface area contributed by atoms with Crippen molar-refractivity contribution in [1.82, 2.24) is 4.57 Å². The molecule has 0 amide bonds. The second-order valence-electron chi connectivity index (χ2n) is 5.98. The summed E-state index contributed by atoms with van der Waals surface area (Å²) in [7, 11) is 0. The SMILES string of the molecule is CCn1cc[n+](CCCOC(=O)C(O)(c2cccs2)c2cccs2)c1C. The lowest BCUT2D eigenvalue weighted by atomic mass is 10.0. The van der Waals surface area contributed by atoms with Gasteiger partial charge in [0.1, 0.15) is 12.4 Å². The Bertz CT molecular complexity index is 804. The molecule has 0 saturated carbocycles. The Hall–Kier alpha value is -1.96. The van der Waals surface area contributed by atoms with Crippen molar-refractivity contribution in [2.24, 2.45) is 0 Å². The summed E-state index contributed by atoms with van der Waals surface area (Å²) in [6, 6.07) is 7.17. The summed E-state index contributed by atoms with van der Waals surface area (Å²) in [4.78, 5) is 13.9. The highest BCUT2D eigenvalue weighted by Crippen LogP contribution is 2.36. The fraction of sp³-hybridized carbons (Fsp3) is 0.368. The molecule has 26 heavy (non-hydrogen) atoms. The molecule has 3 aromatic heterocycles. The zero-order chi connectivity index (χ0) is 18.6. The Morgan fingerprint density at radius 3 is 2.42 bits per heavy atom. The number of carbonyl (C=O) groups is 1. The van der Waals surface area contributed by atoms with Gasteiger partial charge in [-0.05, 0) is 29.8 Å². The number of carbonyl (C=O) groups excluding carboxylic acids is 1. The molecule has 1 N–H and O–H groups in total. The van der Waals surface area contributed by atoms with Crippen molar-refractivity contribution in [3.05, 3.63) is 63.0 Å². The molecule has 0 bridgehead atoms. The van der Waals surface area contributed by atoms with Gasteiger partial charge in [-0.3, -0.25) is 0 Å². The van der Waals surface area contributed by atoms with Crippen LogP contribution in [0.15, 0.2) is 47.4 Å². The van der Waals surface area contributed by atoms with Crippen molar-refractivity contribution in [3.8, 4) is 0 Å². The number of imidazole rings is 1. The number of thiophene rings is 2. The minimum absolute atomic E-state index is 0.266. The lowest BCUT2D eigenvalue weighted by Gasteiger charge is -2.23. The molecule has 0 atom stereocenters. The van der Waals surface area contributed by atoms with Crippen LogP contribution in [0.2, 0.25) is 0 Å². The topological polar surface area (TPSA) is 55.3 Å². The summed E-state index contributed by atoms with van der Waals surface area (Å²) in [6.45, 7) is 6.14. The largest absolute Gasteiger partial charge is 0.463 e. The van der Waals surface area contributed by atoms with E-state index in [0.717, 1.165) is 13.1 Å². The molecule has 0 aliphatic carbocycles. The predicted molar refractivity (Wildman–Crippen MR) is 102 cm³/mol. The number of hydrogen-bond donors (Lipinski definition) is 1. The molecule has 0 aliphatic heterocycles. The molecule has 3 rings (SSSR count). The van der Waals surface area contributed by atoms with Gasteiger partial charge in [-0.25, -0.2) is 13.9 Å². The van der Waals surface area contributed by atoms with Crippen LogP contribution in [-0.2, 0) is 28.2 Å². The number of rotatable bonds is 8. The van der Waals surface area contributed by atoms with Crippen molar-refractivity contribution in [3.63, 3.8) is 0 Å². The summed E-state index contributed by atoms with van der Waals surface area (Å²) < 4.78 is 9.76. The average Bonchev–Trinajstić information content (AvgIpc) is 3.40. The first-order valence-electron chi connectivity index (χ1n) is 8.60. The van der Waals surface area contributed by atoms with E-state index in [4.69, 9.17) is 4.74 Å². The van der Waals surface area contributed by atoms with E-state index in [1.54, 1.807) is 12.1 Å². The lowest BCUT2D eigenvalue weighted by molar-refractivity contribution is -0.702. The van der Waals surface area contributed by atoms with Gasteiger partial charge in [0.2, 0.25) is 5.60 Å². The zero-order valence-electron chi connectivity index (χ0n) is 14.9. The molecule has 5 nitrogen and oxygen atoms in total. The van der Waals surface area contributed by atoms with Gasteiger partial charge in [0, 0.05) is 13.3 Å². The van der Waals surface area contributed by atoms with Crippen LogP contribution in [0.3, 0.4) is 0 Å². The van der Waals surface area contributed by atoms with Crippen molar-refractivity contribution >= 4 is 28.6 Å². The molecule has 0 spiro atoms. The van der Waals surface area contributed by atoms with Crippen LogP contribution in [0.25, 0.3) is 0 Å². The number of esters is 1. The highest BCUT2D eigenvalue weighted by molar-refractivity contribution is 7.12. The number of hydrogen-bond acceptors (Lipinski definition) is 5. The first-order valence-corrected chi connectivity index (χ1v) is 10.4. The van der Waals surface area contributed by atoms with Crippen LogP contribution in [-0.4, -0.2) is 22.2 Å². The molecule has 3 aromatic rings. The number of ether oxygens (including phenoxy) is 1. The Kier molecular flexibility index (Phi) is 5.90. The van der Waals surface area contributed by atoms with Crippen molar-refractivity contribution < 1.29 is 19.2 Å². The second-order valence-corrected chi connectivity index (χ2v) is 7.87. The molecule has 0 radical (unpaired) electrons. The monoisotopic (exact) mass is 391 g/mol. The molecular weight excluding hydrogens is 368 g/mol. The lowest BCUT2D eigenvalue weighted by Crippen LogP contribution is -2.39. The standard InChI is InChI=1S/C19H23N2O3S2/c1-3-20-10-11-21(15(20)2)9-6-12-24-18(22)19(23,16-7-4-13-25-16)17-8-5-14-26-17/h4-5,7-8,10-11,13-14,23H,3,6,9,12H2,1-2H3/q+1. The van der Waals surface area contributed by atoms with Gasteiger partial charge in [-0.1, -0.05) is 12.1 Å². The first kappa shape index (κ1) is 18.8. The molecular formula is C19H23N2O3S2+. The van der Waals surface area contributed by atoms with Crippen LogP contribution >= 0.6 is 22.7 Å². The summed E-state index contributed by atoms with van der Waals surface area (Å²) in [5, 5.41) is 14.8. The van der Waals surface area contributed by atoms with Crippen LogP contribution < -0.4 is 4.57 Å². The summed E-state index contributed by atoms with van der Waals surface area (Å²) in [5.74, 6) is 0.558. The predicted octanol–water partition coefficient (Wildman–Crippen LogP) is 3.10.